The fraction of sp³-hybridized carbons (Fsp3) is 0.105. The maximum absolute atomic E-state index is 12.4. The number of para-hydroxylation sites is 1. The minimum absolute atomic E-state index is 0.266. The summed E-state index contributed by atoms with van der Waals surface area (Å²) in [4.78, 5) is 22.6. The molecule has 2 heterocycles. The lowest BCUT2D eigenvalue weighted by atomic mass is 10.2. The third-order valence-corrected chi connectivity index (χ3v) is 3.82. The average Bonchev–Trinajstić information content (AvgIpc) is 2.64. The highest BCUT2D eigenvalue weighted by atomic mass is 35.5. The lowest BCUT2D eigenvalue weighted by molar-refractivity contribution is 0.102. The molecule has 0 radical (unpaired) electrons. The molecule has 1 aromatic carbocycles. The van der Waals surface area contributed by atoms with Crippen LogP contribution in [0.5, 0.6) is 11.6 Å². The summed E-state index contributed by atoms with van der Waals surface area (Å²) < 4.78 is 5.67. The first-order chi connectivity index (χ1) is 12.5. The highest BCUT2D eigenvalue weighted by Gasteiger charge is 2.09. The molecule has 0 unspecified atom stereocenters. The van der Waals surface area contributed by atoms with Crippen molar-refractivity contribution in [2.75, 3.05) is 24.3 Å². The molecule has 3 rings (SSSR count). The SMILES string of the molecule is CN(C)c1ccc(C(=O)Nc2ccnc(Oc3ccccc3Cl)c2)cn1. The van der Waals surface area contributed by atoms with Crippen molar-refractivity contribution in [1.82, 2.24) is 9.97 Å². The van der Waals surface area contributed by atoms with Crippen LogP contribution < -0.4 is 15.0 Å². The van der Waals surface area contributed by atoms with Crippen LogP contribution in [-0.4, -0.2) is 30.0 Å². The second-order valence-corrected chi connectivity index (χ2v) is 6.08. The number of nitrogens with one attached hydrogen (secondary N) is 1. The van der Waals surface area contributed by atoms with Crippen LogP contribution in [0.3, 0.4) is 0 Å². The van der Waals surface area contributed by atoms with Gasteiger partial charge in [-0.2, -0.15) is 0 Å². The van der Waals surface area contributed by atoms with Gasteiger partial charge in [0.2, 0.25) is 5.88 Å². The number of rotatable bonds is 5. The van der Waals surface area contributed by atoms with Gasteiger partial charge < -0.3 is 15.0 Å². The summed E-state index contributed by atoms with van der Waals surface area (Å²) in [6.45, 7) is 0. The quantitative estimate of drug-likeness (QED) is 0.729. The molecule has 0 saturated carbocycles. The number of halogens is 1. The van der Waals surface area contributed by atoms with E-state index in [-0.39, 0.29) is 5.91 Å². The van der Waals surface area contributed by atoms with Gasteiger partial charge in [-0.15, -0.1) is 0 Å². The Morgan fingerprint density at radius 3 is 2.62 bits per heavy atom. The molecule has 0 aliphatic carbocycles. The van der Waals surface area contributed by atoms with Crippen LogP contribution in [0.2, 0.25) is 5.02 Å². The topological polar surface area (TPSA) is 67.4 Å². The lowest BCUT2D eigenvalue weighted by Gasteiger charge is -2.11. The van der Waals surface area contributed by atoms with Gasteiger partial charge in [-0.1, -0.05) is 23.7 Å². The van der Waals surface area contributed by atoms with Crippen LogP contribution in [0.1, 0.15) is 10.4 Å². The highest BCUT2D eigenvalue weighted by molar-refractivity contribution is 6.32. The predicted molar refractivity (Wildman–Crippen MR) is 102 cm³/mol. The number of pyridine rings is 2. The molecule has 2 aromatic heterocycles. The Morgan fingerprint density at radius 2 is 1.92 bits per heavy atom. The number of anilines is 2. The van der Waals surface area contributed by atoms with Gasteiger partial charge >= 0.3 is 0 Å². The Hall–Kier alpha value is -3.12. The van der Waals surface area contributed by atoms with E-state index in [2.05, 4.69) is 15.3 Å². The van der Waals surface area contributed by atoms with Crippen LogP contribution in [0.15, 0.2) is 60.9 Å². The minimum atomic E-state index is -0.266. The molecule has 0 aliphatic heterocycles. The van der Waals surface area contributed by atoms with Gasteiger partial charge in [-0.25, -0.2) is 9.97 Å². The molecular weight excluding hydrogens is 352 g/mol. The van der Waals surface area contributed by atoms with Crippen molar-refractivity contribution >= 4 is 29.0 Å². The Morgan fingerprint density at radius 1 is 1.12 bits per heavy atom. The number of nitrogens with zero attached hydrogens (tertiary/aromatic N) is 3. The maximum Gasteiger partial charge on any atom is 0.257 e. The van der Waals surface area contributed by atoms with E-state index < -0.39 is 0 Å². The van der Waals surface area contributed by atoms with Crippen LogP contribution in [0.4, 0.5) is 11.5 Å². The van der Waals surface area contributed by atoms with Gasteiger partial charge in [0.15, 0.2) is 0 Å². The van der Waals surface area contributed by atoms with Gasteiger partial charge in [0, 0.05) is 38.2 Å². The average molecular weight is 369 g/mol. The second kappa shape index (κ2) is 7.84. The van der Waals surface area contributed by atoms with Gasteiger partial charge in [-0.05, 0) is 30.3 Å². The van der Waals surface area contributed by atoms with E-state index in [9.17, 15) is 4.79 Å². The summed E-state index contributed by atoms with van der Waals surface area (Å²) in [6, 6.07) is 13.9. The van der Waals surface area contributed by atoms with E-state index in [1.807, 2.05) is 31.1 Å². The van der Waals surface area contributed by atoms with Crippen molar-refractivity contribution in [2.24, 2.45) is 0 Å². The summed E-state index contributed by atoms with van der Waals surface area (Å²) in [5.74, 6) is 1.34. The smallest absolute Gasteiger partial charge is 0.257 e. The molecule has 0 fully saturated rings. The normalized spacial score (nSPS) is 10.3. The number of carbonyl (C=O) groups excluding carboxylic acids is 1. The summed E-state index contributed by atoms with van der Waals surface area (Å²) >= 11 is 6.08. The zero-order chi connectivity index (χ0) is 18.5. The highest BCUT2D eigenvalue weighted by Crippen LogP contribution is 2.28. The molecular formula is C19H17ClN4O2. The summed E-state index contributed by atoms with van der Waals surface area (Å²) in [5.41, 5.74) is 1.02. The predicted octanol–water partition coefficient (Wildman–Crippen LogP) is 4.24. The van der Waals surface area contributed by atoms with E-state index in [1.54, 1.807) is 42.6 Å². The number of amides is 1. The molecule has 3 aromatic rings. The molecule has 6 nitrogen and oxygen atoms in total. The summed E-state index contributed by atoms with van der Waals surface area (Å²) in [5, 5.41) is 3.28. The molecule has 26 heavy (non-hydrogen) atoms. The fourth-order valence-electron chi connectivity index (χ4n) is 2.17. The standard InChI is InChI=1S/C19H17ClN4O2/c1-24(2)17-8-7-13(12-22-17)19(25)23-14-9-10-21-18(11-14)26-16-6-4-3-5-15(16)20/h3-12H,1-2H3,(H,21,23,25). The first-order valence-corrected chi connectivity index (χ1v) is 8.24. The zero-order valence-electron chi connectivity index (χ0n) is 14.3. The van der Waals surface area contributed by atoms with Crippen molar-refractivity contribution in [2.45, 2.75) is 0 Å². The first-order valence-electron chi connectivity index (χ1n) is 7.86. The van der Waals surface area contributed by atoms with Gasteiger partial charge in [0.05, 0.1) is 10.6 Å². The van der Waals surface area contributed by atoms with Crippen LogP contribution in [0.25, 0.3) is 0 Å². The van der Waals surface area contributed by atoms with E-state index in [0.29, 0.717) is 27.9 Å². The van der Waals surface area contributed by atoms with Gasteiger partial charge in [-0.3, -0.25) is 4.79 Å². The molecule has 0 spiro atoms. The van der Waals surface area contributed by atoms with E-state index in [0.717, 1.165) is 5.82 Å². The fourth-order valence-corrected chi connectivity index (χ4v) is 2.35. The number of ether oxygens (including phenoxy) is 1. The van der Waals surface area contributed by atoms with Crippen molar-refractivity contribution < 1.29 is 9.53 Å². The number of carbonyl (C=O) groups is 1. The third kappa shape index (κ3) is 4.29. The second-order valence-electron chi connectivity index (χ2n) is 5.67. The molecule has 132 valence electrons. The van der Waals surface area contributed by atoms with Crippen LogP contribution in [-0.2, 0) is 0 Å². The zero-order valence-corrected chi connectivity index (χ0v) is 15.1. The monoisotopic (exact) mass is 368 g/mol. The van der Waals surface area contributed by atoms with E-state index in [1.165, 1.54) is 6.20 Å². The molecule has 0 aliphatic rings. The Kier molecular flexibility index (Phi) is 5.34. The summed E-state index contributed by atoms with van der Waals surface area (Å²) in [7, 11) is 3.78. The Labute approximate surface area is 156 Å². The third-order valence-electron chi connectivity index (χ3n) is 3.51. The molecule has 1 N–H and O–H groups in total. The number of aromatic nitrogens is 2. The van der Waals surface area contributed by atoms with E-state index >= 15 is 0 Å². The van der Waals surface area contributed by atoms with Crippen molar-refractivity contribution in [3.05, 3.63) is 71.5 Å². The maximum atomic E-state index is 12.4. The number of hydrogen-bond donors (Lipinski definition) is 1. The summed E-state index contributed by atoms with van der Waals surface area (Å²) in [6.07, 6.45) is 3.09. The molecule has 7 heteroatoms. The molecule has 0 saturated heterocycles. The number of hydrogen-bond acceptors (Lipinski definition) is 5. The van der Waals surface area contributed by atoms with Gasteiger partial charge in [0.25, 0.3) is 5.91 Å². The minimum Gasteiger partial charge on any atom is -0.437 e. The largest absolute Gasteiger partial charge is 0.437 e. The Balaban J connectivity index is 1.72. The molecule has 1 amide bonds. The molecule has 0 atom stereocenters. The first kappa shape index (κ1) is 17.7. The lowest BCUT2D eigenvalue weighted by Crippen LogP contribution is -2.14. The van der Waals surface area contributed by atoms with Crippen LogP contribution in [0, 0.1) is 0 Å². The van der Waals surface area contributed by atoms with E-state index in [4.69, 9.17) is 16.3 Å². The van der Waals surface area contributed by atoms with Crippen molar-refractivity contribution in [3.8, 4) is 11.6 Å². The van der Waals surface area contributed by atoms with Crippen LogP contribution >= 0.6 is 11.6 Å². The van der Waals surface area contributed by atoms with Crippen molar-refractivity contribution in [1.29, 1.82) is 0 Å². The van der Waals surface area contributed by atoms with Gasteiger partial charge in [0.1, 0.15) is 11.6 Å². The molecule has 0 bridgehead atoms. The van der Waals surface area contributed by atoms with Crippen molar-refractivity contribution in [3.63, 3.8) is 0 Å². The number of benzene rings is 1. The Bertz CT molecular complexity index is 913.